The number of carbonyl (C=O) groups is 1. The molecule has 0 bridgehead atoms. The Labute approximate surface area is 106 Å². The van der Waals surface area contributed by atoms with Gasteiger partial charge in [0.15, 0.2) is 0 Å². The SMILES string of the molecule is CC(C)(C)OC(=O)N1CCC2(CC1)CC2Br. The van der Waals surface area contributed by atoms with Crippen molar-refractivity contribution in [3.05, 3.63) is 0 Å². The van der Waals surface area contributed by atoms with Gasteiger partial charge in [-0.05, 0) is 45.4 Å². The lowest BCUT2D eigenvalue weighted by Gasteiger charge is -2.33. The van der Waals surface area contributed by atoms with Crippen molar-refractivity contribution in [2.24, 2.45) is 5.41 Å². The minimum absolute atomic E-state index is 0.158. The van der Waals surface area contributed by atoms with Crippen LogP contribution in [-0.4, -0.2) is 34.5 Å². The Morgan fingerprint density at radius 3 is 2.25 bits per heavy atom. The van der Waals surface area contributed by atoms with E-state index in [0.717, 1.165) is 25.9 Å². The molecule has 4 heteroatoms. The van der Waals surface area contributed by atoms with Gasteiger partial charge in [-0.2, -0.15) is 0 Å². The molecular weight excluding hydrogens is 270 g/mol. The number of rotatable bonds is 0. The van der Waals surface area contributed by atoms with Crippen molar-refractivity contribution in [2.75, 3.05) is 13.1 Å². The van der Waals surface area contributed by atoms with Gasteiger partial charge in [-0.3, -0.25) is 0 Å². The maximum absolute atomic E-state index is 11.8. The Morgan fingerprint density at radius 1 is 1.38 bits per heavy atom. The number of ether oxygens (including phenoxy) is 1. The summed E-state index contributed by atoms with van der Waals surface area (Å²) in [5, 5.41) is 0. The quantitative estimate of drug-likeness (QED) is 0.641. The van der Waals surface area contributed by atoms with Crippen LogP contribution < -0.4 is 0 Å². The number of amides is 1. The molecule has 1 aliphatic heterocycles. The van der Waals surface area contributed by atoms with Gasteiger partial charge in [0.25, 0.3) is 0 Å². The Hall–Kier alpha value is -0.250. The third-order valence-electron chi connectivity index (χ3n) is 3.50. The molecule has 1 atom stereocenters. The van der Waals surface area contributed by atoms with Gasteiger partial charge in [-0.15, -0.1) is 0 Å². The van der Waals surface area contributed by atoms with Crippen LogP contribution in [0.3, 0.4) is 0 Å². The van der Waals surface area contributed by atoms with Gasteiger partial charge in [-0.25, -0.2) is 4.79 Å². The molecule has 92 valence electrons. The second-order valence-corrected chi connectivity index (χ2v) is 7.11. The Balaban J connectivity index is 1.83. The van der Waals surface area contributed by atoms with Crippen molar-refractivity contribution in [1.29, 1.82) is 0 Å². The van der Waals surface area contributed by atoms with Gasteiger partial charge < -0.3 is 9.64 Å². The first-order valence-corrected chi connectivity index (χ1v) is 6.86. The van der Waals surface area contributed by atoms with Gasteiger partial charge >= 0.3 is 6.09 Å². The van der Waals surface area contributed by atoms with Crippen molar-refractivity contribution in [3.8, 4) is 0 Å². The van der Waals surface area contributed by atoms with E-state index in [1.54, 1.807) is 0 Å². The number of hydrogen-bond acceptors (Lipinski definition) is 2. The van der Waals surface area contributed by atoms with Gasteiger partial charge in [-0.1, -0.05) is 15.9 Å². The fourth-order valence-corrected chi connectivity index (χ4v) is 3.38. The highest BCUT2D eigenvalue weighted by Crippen LogP contribution is 2.58. The summed E-state index contributed by atoms with van der Waals surface area (Å²) in [6, 6.07) is 0. The highest BCUT2D eigenvalue weighted by molar-refractivity contribution is 9.09. The van der Waals surface area contributed by atoms with E-state index < -0.39 is 0 Å². The van der Waals surface area contributed by atoms with Crippen LogP contribution in [-0.2, 0) is 4.74 Å². The zero-order valence-corrected chi connectivity index (χ0v) is 11.8. The van der Waals surface area contributed by atoms with Crippen LogP contribution in [0.25, 0.3) is 0 Å². The van der Waals surface area contributed by atoms with Crippen molar-refractivity contribution >= 4 is 22.0 Å². The van der Waals surface area contributed by atoms with Gasteiger partial charge in [0.2, 0.25) is 0 Å². The normalized spacial score (nSPS) is 28.0. The number of nitrogens with zero attached hydrogens (tertiary/aromatic N) is 1. The molecule has 1 spiro atoms. The second kappa shape index (κ2) is 3.90. The van der Waals surface area contributed by atoms with Gasteiger partial charge in [0.05, 0.1) is 0 Å². The Bertz CT molecular complexity index is 290. The first-order chi connectivity index (χ1) is 7.32. The smallest absolute Gasteiger partial charge is 0.410 e. The Morgan fingerprint density at radius 2 is 1.88 bits per heavy atom. The van der Waals surface area contributed by atoms with Crippen molar-refractivity contribution in [3.63, 3.8) is 0 Å². The summed E-state index contributed by atoms with van der Waals surface area (Å²) in [7, 11) is 0. The van der Waals surface area contributed by atoms with E-state index in [2.05, 4.69) is 15.9 Å². The molecule has 1 amide bonds. The lowest BCUT2D eigenvalue weighted by Crippen LogP contribution is -2.42. The molecule has 0 radical (unpaired) electrons. The van der Waals surface area contributed by atoms with Gasteiger partial charge in [0.1, 0.15) is 5.60 Å². The number of halogens is 1. The third kappa shape index (κ3) is 2.53. The van der Waals surface area contributed by atoms with Gasteiger partial charge in [0, 0.05) is 17.9 Å². The summed E-state index contributed by atoms with van der Waals surface area (Å²) < 4.78 is 5.37. The zero-order chi connectivity index (χ0) is 12.0. The van der Waals surface area contributed by atoms with Crippen molar-refractivity contribution in [1.82, 2.24) is 4.90 Å². The monoisotopic (exact) mass is 289 g/mol. The first-order valence-electron chi connectivity index (χ1n) is 5.94. The summed E-state index contributed by atoms with van der Waals surface area (Å²) in [5.74, 6) is 0. The predicted octanol–water partition coefficient (Wildman–Crippen LogP) is 3.17. The molecule has 2 rings (SSSR count). The summed E-state index contributed by atoms with van der Waals surface area (Å²) in [6.07, 6.45) is 3.34. The van der Waals surface area contributed by atoms with E-state index in [4.69, 9.17) is 4.74 Å². The van der Waals surface area contributed by atoms with E-state index in [1.165, 1.54) is 6.42 Å². The predicted molar refractivity (Wildman–Crippen MR) is 66.8 cm³/mol. The average Bonchev–Trinajstić information content (AvgIpc) is 2.74. The molecule has 16 heavy (non-hydrogen) atoms. The maximum atomic E-state index is 11.8. The van der Waals surface area contributed by atoms with E-state index in [-0.39, 0.29) is 11.7 Å². The van der Waals surface area contributed by atoms with Crippen LogP contribution in [0.5, 0.6) is 0 Å². The fraction of sp³-hybridized carbons (Fsp3) is 0.917. The molecule has 1 saturated carbocycles. The summed E-state index contributed by atoms with van der Waals surface area (Å²) in [6.45, 7) is 7.41. The van der Waals surface area contributed by atoms with E-state index in [9.17, 15) is 4.79 Å². The molecule has 0 N–H and O–H groups in total. The number of hydrogen-bond donors (Lipinski definition) is 0. The lowest BCUT2D eigenvalue weighted by atomic mass is 9.94. The van der Waals surface area contributed by atoms with Crippen molar-refractivity contribution in [2.45, 2.75) is 50.5 Å². The molecule has 0 aromatic heterocycles. The number of likely N-dealkylation sites (tertiary alicyclic amines) is 1. The van der Waals surface area contributed by atoms with Crippen LogP contribution in [0, 0.1) is 5.41 Å². The molecule has 2 aliphatic rings. The summed E-state index contributed by atoms with van der Waals surface area (Å²) >= 11 is 3.67. The van der Waals surface area contributed by atoms with Crippen LogP contribution >= 0.6 is 15.9 Å². The topological polar surface area (TPSA) is 29.5 Å². The fourth-order valence-electron chi connectivity index (χ4n) is 2.28. The van der Waals surface area contributed by atoms with Crippen molar-refractivity contribution < 1.29 is 9.53 Å². The van der Waals surface area contributed by atoms with E-state index >= 15 is 0 Å². The van der Waals surface area contributed by atoms with E-state index in [0.29, 0.717) is 10.2 Å². The van der Waals surface area contributed by atoms with Crippen LogP contribution in [0.2, 0.25) is 0 Å². The molecule has 0 aromatic carbocycles. The van der Waals surface area contributed by atoms with E-state index in [1.807, 2.05) is 25.7 Å². The number of carbonyl (C=O) groups excluding carboxylic acids is 1. The minimum atomic E-state index is -0.385. The number of piperidine rings is 1. The lowest BCUT2D eigenvalue weighted by molar-refractivity contribution is 0.0174. The standard InChI is InChI=1S/C12H20BrNO2/c1-11(2,3)16-10(15)14-6-4-12(5-7-14)8-9(12)13/h9H,4-8H2,1-3H3. The second-order valence-electron chi connectivity index (χ2n) is 6.00. The maximum Gasteiger partial charge on any atom is 0.410 e. The van der Waals surface area contributed by atoms with Crippen LogP contribution in [0.1, 0.15) is 40.0 Å². The Kier molecular flexibility index (Phi) is 2.97. The third-order valence-corrected chi connectivity index (χ3v) is 4.80. The minimum Gasteiger partial charge on any atom is -0.444 e. The highest BCUT2D eigenvalue weighted by atomic mass is 79.9. The molecule has 1 aliphatic carbocycles. The molecule has 0 aromatic rings. The molecule has 2 fully saturated rings. The summed E-state index contributed by atoms with van der Waals surface area (Å²) in [5.41, 5.74) is 0.113. The van der Waals surface area contributed by atoms with Crippen LogP contribution in [0.4, 0.5) is 4.79 Å². The molecule has 3 nitrogen and oxygen atoms in total. The average molecular weight is 290 g/mol. The molecule has 1 saturated heterocycles. The molecular formula is C12H20BrNO2. The number of alkyl halides is 1. The zero-order valence-electron chi connectivity index (χ0n) is 10.3. The molecule has 1 heterocycles. The highest BCUT2D eigenvalue weighted by Gasteiger charge is 2.54. The van der Waals surface area contributed by atoms with Crippen LogP contribution in [0.15, 0.2) is 0 Å². The molecule has 1 unspecified atom stereocenters. The largest absolute Gasteiger partial charge is 0.444 e. The summed E-state index contributed by atoms with van der Waals surface area (Å²) in [4.78, 5) is 14.3. The first kappa shape index (κ1) is 12.2.